The molecule has 5 aromatic carbocycles. The summed E-state index contributed by atoms with van der Waals surface area (Å²) in [6.07, 6.45) is 5.51. The average molecular weight is 658 g/mol. The van der Waals surface area contributed by atoms with E-state index in [0.29, 0.717) is 5.95 Å². The van der Waals surface area contributed by atoms with Crippen molar-refractivity contribution in [3.05, 3.63) is 188 Å². The number of benzene rings is 5. The highest BCUT2D eigenvalue weighted by Crippen LogP contribution is 2.34. The van der Waals surface area contributed by atoms with E-state index in [1.165, 1.54) is 15.6 Å². The summed E-state index contributed by atoms with van der Waals surface area (Å²) in [4.78, 5) is 20.7. The smallest absolute Gasteiger partial charge is 0.235 e. The van der Waals surface area contributed by atoms with Gasteiger partial charge in [-0.3, -0.25) is 14.5 Å². The summed E-state index contributed by atoms with van der Waals surface area (Å²) in [5.74, 6) is 0.614. The zero-order valence-electron chi connectivity index (χ0n) is 27.1. The maximum absolute atomic E-state index is 5.84. The molecular formula is C44H31N5Si. The van der Waals surface area contributed by atoms with Crippen LogP contribution >= 0.6 is 0 Å². The van der Waals surface area contributed by atoms with Gasteiger partial charge in [-0.15, -0.1) is 0 Å². The number of pyridine rings is 2. The van der Waals surface area contributed by atoms with Crippen LogP contribution in [0.2, 0.25) is 0 Å². The van der Waals surface area contributed by atoms with Crippen LogP contribution in [0.25, 0.3) is 50.3 Å². The Kier molecular flexibility index (Phi) is 7.41. The molecule has 0 saturated heterocycles. The van der Waals surface area contributed by atoms with Crippen molar-refractivity contribution in [1.82, 2.24) is 24.5 Å². The van der Waals surface area contributed by atoms with E-state index in [2.05, 4.69) is 155 Å². The number of nitrogens with zero attached hydrogens (tertiary/aromatic N) is 5. The molecule has 0 aliphatic carbocycles. The van der Waals surface area contributed by atoms with Crippen molar-refractivity contribution >= 4 is 50.8 Å². The first-order valence-corrected chi connectivity index (χ1v) is 18.7. The van der Waals surface area contributed by atoms with Gasteiger partial charge in [-0.1, -0.05) is 133 Å². The second-order valence-electron chi connectivity index (χ2n) is 12.3. The molecule has 4 aromatic heterocycles. The Morgan fingerprint density at radius 3 is 1.46 bits per heavy atom. The molecule has 0 N–H and O–H groups in total. The number of fused-ring (bicyclic) bond motifs is 3. The predicted octanol–water partition coefficient (Wildman–Crippen LogP) is 7.08. The van der Waals surface area contributed by atoms with Crippen molar-refractivity contribution < 1.29 is 0 Å². The van der Waals surface area contributed by atoms with Gasteiger partial charge in [0.25, 0.3) is 0 Å². The van der Waals surface area contributed by atoms with Crippen molar-refractivity contribution in [2.45, 2.75) is 0 Å². The first kappa shape index (κ1) is 29.6. The van der Waals surface area contributed by atoms with Crippen LogP contribution in [0, 0.1) is 0 Å². The first-order valence-electron chi connectivity index (χ1n) is 16.7. The second-order valence-corrected chi connectivity index (χ2v) is 16.0. The lowest BCUT2D eigenvalue weighted by atomic mass is 10.1. The van der Waals surface area contributed by atoms with E-state index in [1.54, 1.807) is 0 Å². The summed E-state index contributed by atoms with van der Waals surface area (Å²) >= 11 is 0. The molecule has 9 aromatic rings. The summed E-state index contributed by atoms with van der Waals surface area (Å²) in [5, 5.41) is 6.96. The summed E-state index contributed by atoms with van der Waals surface area (Å²) in [7, 11) is -3.19. The first-order chi connectivity index (χ1) is 24.8. The fourth-order valence-corrected chi connectivity index (χ4v) is 12.2. The SMILES string of the molecule is c1ccc([Si](c2ccccc2)(c2ccccc2)c2nc(-n3c4ccccc4c4ccccc43)nc(-c3ccncc3)c2-c2ccccn2)cc1. The van der Waals surface area contributed by atoms with Crippen LogP contribution in [-0.2, 0) is 0 Å². The van der Waals surface area contributed by atoms with E-state index in [-0.39, 0.29) is 0 Å². The number of aromatic nitrogens is 5. The third kappa shape index (κ3) is 4.77. The third-order valence-electron chi connectivity index (χ3n) is 9.53. The van der Waals surface area contributed by atoms with Crippen LogP contribution in [0.5, 0.6) is 0 Å². The predicted molar refractivity (Wildman–Crippen MR) is 206 cm³/mol. The summed E-state index contributed by atoms with van der Waals surface area (Å²) < 4.78 is 2.22. The van der Waals surface area contributed by atoms with Gasteiger partial charge in [0.15, 0.2) is 0 Å². The van der Waals surface area contributed by atoms with Crippen molar-refractivity contribution in [2.75, 3.05) is 0 Å². The van der Waals surface area contributed by atoms with Gasteiger partial charge in [-0.25, -0.2) is 9.97 Å². The molecule has 6 heteroatoms. The fraction of sp³-hybridized carbons (Fsp3) is 0. The van der Waals surface area contributed by atoms with Crippen LogP contribution in [0.15, 0.2) is 188 Å². The number of rotatable bonds is 7. The largest absolute Gasteiger partial charge is 0.278 e. The van der Waals surface area contributed by atoms with E-state index in [9.17, 15) is 0 Å². The van der Waals surface area contributed by atoms with E-state index < -0.39 is 8.07 Å². The van der Waals surface area contributed by atoms with E-state index >= 15 is 0 Å². The molecule has 5 nitrogen and oxygen atoms in total. The molecule has 0 radical (unpaired) electrons. The van der Waals surface area contributed by atoms with Gasteiger partial charge in [0.2, 0.25) is 14.0 Å². The van der Waals surface area contributed by atoms with Gasteiger partial charge in [0.1, 0.15) is 0 Å². The highest BCUT2D eigenvalue weighted by molar-refractivity contribution is 7.20. The van der Waals surface area contributed by atoms with E-state index in [0.717, 1.165) is 49.6 Å². The Morgan fingerprint density at radius 2 is 0.940 bits per heavy atom. The van der Waals surface area contributed by atoms with Crippen LogP contribution in [0.4, 0.5) is 0 Å². The molecule has 0 amide bonds. The summed E-state index contributed by atoms with van der Waals surface area (Å²) in [6.45, 7) is 0. The molecule has 9 rings (SSSR count). The van der Waals surface area contributed by atoms with Gasteiger partial charge in [0, 0.05) is 40.5 Å². The Hall–Kier alpha value is -6.50. The van der Waals surface area contributed by atoms with Crippen molar-refractivity contribution in [3.63, 3.8) is 0 Å². The molecule has 0 atom stereocenters. The molecule has 236 valence electrons. The average Bonchev–Trinajstić information content (AvgIpc) is 3.54. The summed E-state index contributed by atoms with van der Waals surface area (Å²) in [6, 6.07) is 59.9. The van der Waals surface area contributed by atoms with Crippen LogP contribution in [0.3, 0.4) is 0 Å². The minimum absolute atomic E-state index is 0.614. The number of hydrogen-bond donors (Lipinski definition) is 0. The number of hydrogen-bond acceptors (Lipinski definition) is 4. The Labute approximate surface area is 291 Å². The van der Waals surface area contributed by atoms with Gasteiger partial charge in [-0.2, -0.15) is 0 Å². The molecular weight excluding hydrogens is 627 g/mol. The van der Waals surface area contributed by atoms with Crippen molar-refractivity contribution in [1.29, 1.82) is 0 Å². The Bertz CT molecular complexity index is 2420. The maximum atomic E-state index is 5.84. The standard InChI is InChI=1S/C44H31N5Si/c1-4-16-33(17-5-1)50(34-18-6-2-7-19-34,35-20-8-3-9-21-35)43-41(38-24-14-15-29-46-38)42(32-27-30-45-31-28-32)47-44(48-43)49-39-25-12-10-22-36(39)37-23-11-13-26-40(37)49/h1-31H. The van der Waals surface area contributed by atoms with Crippen molar-refractivity contribution in [3.8, 4) is 28.5 Å². The summed E-state index contributed by atoms with van der Waals surface area (Å²) in [5.41, 5.74) is 5.61. The maximum Gasteiger partial charge on any atom is 0.235 e. The minimum Gasteiger partial charge on any atom is -0.278 e. The second kappa shape index (κ2) is 12.5. The lowest BCUT2D eigenvalue weighted by molar-refractivity contribution is 1.00. The molecule has 0 aliphatic heterocycles. The van der Waals surface area contributed by atoms with Gasteiger partial charge in [-0.05, 0) is 52.0 Å². The van der Waals surface area contributed by atoms with Gasteiger partial charge >= 0.3 is 0 Å². The van der Waals surface area contributed by atoms with Crippen molar-refractivity contribution in [2.24, 2.45) is 0 Å². The Balaban J connectivity index is 1.54. The molecule has 50 heavy (non-hydrogen) atoms. The van der Waals surface area contributed by atoms with E-state index in [4.69, 9.17) is 15.0 Å². The highest BCUT2D eigenvalue weighted by Gasteiger charge is 2.46. The van der Waals surface area contributed by atoms with Gasteiger partial charge < -0.3 is 0 Å². The number of para-hydroxylation sites is 2. The van der Waals surface area contributed by atoms with Crippen LogP contribution in [-0.4, -0.2) is 32.6 Å². The normalized spacial score (nSPS) is 11.6. The molecule has 0 fully saturated rings. The molecule has 0 unspecified atom stereocenters. The monoisotopic (exact) mass is 657 g/mol. The van der Waals surface area contributed by atoms with Gasteiger partial charge in [0.05, 0.1) is 27.7 Å². The lowest BCUT2D eigenvalue weighted by Crippen LogP contribution is -2.76. The van der Waals surface area contributed by atoms with Crippen LogP contribution in [0.1, 0.15) is 0 Å². The zero-order chi connectivity index (χ0) is 33.3. The minimum atomic E-state index is -3.19. The molecule has 0 saturated carbocycles. The lowest BCUT2D eigenvalue weighted by Gasteiger charge is -2.35. The fourth-order valence-electron chi connectivity index (χ4n) is 7.40. The molecule has 0 aliphatic rings. The topological polar surface area (TPSA) is 56.5 Å². The van der Waals surface area contributed by atoms with E-state index in [1.807, 2.05) is 42.9 Å². The quantitative estimate of drug-likeness (QED) is 0.136. The molecule has 0 bridgehead atoms. The van der Waals surface area contributed by atoms with Crippen LogP contribution < -0.4 is 20.9 Å². The Morgan fingerprint density at radius 1 is 0.440 bits per heavy atom. The highest BCUT2D eigenvalue weighted by atomic mass is 28.3. The third-order valence-corrected chi connectivity index (χ3v) is 14.2. The zero-order valence-corrected chi connectivity index (χ0v) is 28.1. The molecule has 0 spiro atoms. The molecule has 4 heterocycles.